The number of carbonyl (C=O) groups excluding carboxylic acids is 3. The molecule has 2 aliphatic rings. The Kier molecular flexibility index (Phi) is 3.29. The largest absolute Gasteiger partial charge is 0.481 e. The van der Waals surface area contributed by atoms with E-state index in [1.807, 2.05) is 6.92 Å². The average molecular weight is 286 g/mol. The van der Waals surface area contributed by atoms with Crippen LogP contribution in [0.5, 0.6) is 0 Å². The van der Waals surface area contributed by atoms with Crippen LogP contribution in [0, 0.1) is 0 Å². The number of amides is 3. The van der Waals surface area contributed by atoms with E-state index in [2.05, 4.69) is 4.99 Å². The number of nitrogens with zero attached hydrogens (tertiary/aromatic N) is 2. The molecule has 0 fully saturated rings. The van der Waals surface area contributed by atoms with Crippen LogP contribution in [0.2, 0.25) is 0 Å². The number of fused-ring (bicyclic) bond motifs is 1. The molecule has 1 atom stereocenters. The molecule has 3 amide bonds. The van der Waals surface area contributed by atoms with Crippen LogP contribution in [0.1, 0.15) is 40.5 Å². The number of imide groups is 1. The standard InChI is InChI=1S/C15H14N2O4/c1-2-21-12-8-7-11(13(18)16-12)17-14(19)9-5-3-4-6-10(9)15(17)20/h3-6,11H,2,7-8H2,1H3. The lowest BCUT2D eigenvalue weighted by Gasteiger charge is -2.26. The van der Waals surface area contributed by atoms with E-state index < -0.39 is 23.8 Å². The number of benzene rings is 1. The summed E-state index contributed by atoms with van der Waals surface area (Å²) in [6.07, 6.45) is 0.792. The molecule has 0 bridgehead atoms. The van der Waals surface area contributed by atoms with Gasteiger partial charge in [0.2, 0.25) is 0 Å². The Hall–Kier alpha value is -2.50. The highest BCUT2D eigenvalue weighted by Gasteiger charge is 2.43. The minimum atomic E-state index is -0.832. The first kappa shape index (κ1) is 13.5. The molecule has 21 heavy (non-hydrogen) atoms. The third-order valence-corrected chi connectivity index (χ3v) is 3.60. The molecule has 0 spiro atoms. The minimum Gasteiger partial charge on any atom is -0.481 e. The SMILES string of the molecule is CCOC1=NC(=O)C(N2C(=O)c3ccccc3C2=O)CC1. The van der Waals surface area contributed by atoms with Gasteiger partial charge in [0, 0.05) is 6.42 Å². The molecule has 0 saturated carbocycles. The van der Waals surface area contributed by atoms with Crippen molar-refractivity contribution in [2.75, 3.05) is 6.61 Å². The first-order valence-corrected chi connectivity index (χ1v) is 6.84. The zero-order valence-corrected chi connectivity index (χ0v) is 11.5. The van der Waals surface area contributed by atoms with E-state index in [9.17, 15) is 14.4 Å². The number of aliphatic imine (C=N–C) groups is 1. The maximum atomic E-state index is 12.3. The van der Waals surface area contributed by atoms with Crippen LogP contribution >= 0.6 is 0 Å². The molecule has 0 radical (unpaired) electrons. The van der Waals surface area contributed by atoms with Crippen molar-refractivity contribution in [2.45, 2.75) is 25.8 Å². The lowest BCUT2D eigenvalue weighted by molar-refractivity contribution is -0.122. The molecular formula is C15H14N2O4. The van der Waals surface area contributed by atoms with Gasteiger partial charge in [-0.1, -0.05) is 12.1 Å². The summed E-state index contributed by atoms with van der Waals surface area (Å²) in [6.45, 7) is 2.24. The van der Waals surface area contributed by atoms with Gasteiger partial charge in [-0.2, -0.15) is 4.99 Å². The molecule has 3 rings (SSSR count). The summed E-state index contributed by atoms with van der Waals surface area (Å²) in [5.74, 6) is -0.984. The molecule has 1 aromatic carbocycles. The molecule has 2 heterocycles. The molecule has 2 aliphatic heterocycles. The van der Waals surface area contributed by atoms with E-state index in [1.165, 1.54) is 0 Å². The van der Waals surface area contributed by atoms with Crippen molar-refractivity contribution in [3.63, 3.8) is 0 Å². The van der Waals surface area contributed by atoms with Crippen molar-refractivity contribution in [3.8, 4) is 0 Å². The smallest absolute Gasteiger partial charge is 0.271 e. The molecule has 0 aliphatic carbocycles. The third kappa shape index (κ3) is 2.12. The summed E-state index contributed by atoms with van der Waals surface area (Å²) < 4.78 is 5.22. The van der Waals surface area contributed by atoms with Crippen molar-refractivity contribution >= 4 is 23.6 Å². The second-order valence-electron chi connectivity index (χ2n) is 4.86. The normalized spacial score (nSPS) is 21.4. The first-order valence-electron chi connectivity index (χ1n) is 6.84. The first-order chi connectivity index (χ1) is 10.1. The van der Waals surface area contributed by atoms with Gasteiger partial charge in [0.25, 0.3) is 17.7 Å². The van der Waals surface area contributed by atoms with E-state index in [4.69, 9.17) is 4.74 Å². The van der Waals surface area contributed by atoms with Gasteiger partial charge in [0.1, 0.15) is 6.04 Å². The lowest BCUT2D eigenvalue weighted by Crippen LogP contribution is -2.46. The molecule has 1 unspecified atom stereocenters. The highest BCUT2D eigenvalue weighted by molar-refractivity contribution is 6.23. The van der Waals surface area contributed by atoms with E-state index in [-0.39, 0.29) is 0 Å². The summed E-state index contributed by atoms with van der Waals surface area (Å²) in [7, 11) is 0. The molecule has 108 valence electrons. The zero-order valence-electron chi connectivity index (χ0n) is 11.5. The van der Waals surface area contributed by atoms with Crippen LogP contribution in [0.15, 0.2) is 29.3 Å². The van der Waals surface area contributed by atoms with Crippen LogP contribution in [-0.4, -0.2) is 41.2 Å². The Bertz CT molecular complexity index is 630. The predicted octanol–water partition coefficient (Wildman–Crippen LogP) is 1.41. The fraction of sp³-hybridized carbons (Fsp3) is 0.333. The molecule has 6 heteroatoms. The summed E-state index contributed by atoms with van der Waals surface area (Å²) in [5, 5.41) is 0. The fourth-order valence-corrected chi connectivity index (χ4v) is 2.64. The molecular weight excluding hydrogens is 272 g/mol. The number of hydrogen-bond donors (Lipinski definition) is 0. The van der Waals surface area contributed by atoms with E-state index in [0.717, 1.165) is 4.90 Å². The van der Waals surface area contributed by atoms with Gasteiger partial charge in [-0.3, -0.25) is 19.3 Å². The van der Waals surface area contributed by atoms with Gasteiger partial charge < -0.3 is 4.74 Å². The second kappa shape index (κ2) is 5.12. The highest BCUT2D eigenvalue weighted by atomic mass is 16.5. The van der Waals surface area contributed by atoms with E-state index in [0.29, 0.717) is 36.5 Å². The maximum absolute atomic E-state index is 12.3. The van der Waals surface area contributed by atoms with Gasteiger partial charge in [-0.05, 0) is 25.5 Å². The zero-order chi connectivity index (χ0) is 15.0. The summed E-state index contributed by atoms with van der Waals surface area (Å²) >= 11 is 0. The van der Waals surface area contributed by atoms with Gasteiger partial charge in [-0.25, -0.2) is 0 Å². The average Bonchev–Trinajstić information content (AvgIpc) is 2.73. The topological polar surface area (TPSA) is 76.0 Å². The Morgan fingerprint density at radius 2 is 1.81 bits per heavy atom. The monoisotopic (exact) mass is 286 g/mol. The number of carbonyl (C=O) groups is 3. The Balaban J connectivity index is 1.89. The molecule has 0 saturated heterocycles. The molecule has 1 aromatic rings. The summed E-state index contributed by atoms with van der Waals surface area (Å²) in [4.78, 5) is 41.6. The van der Waals surface area contributed by atoms with Gasteiger partial charge in [-0.15, -0.1) is 0 Å². The molecule has 0 aromatic heterocycles. The van der Waals surface area contributed by atoms with Crippen molar-refractivity contribution < 1.29 is 19.1 Å². The Morgan fingerprint density at radius 1 is 1.19 bits per heavy atom. The predicted molar refractivity (Wildman–Crippen MR) is 74.0 cm³/mol. The molecule has 6 nitrogen and oxygen atoms in total. The number of hydrogen-bond acceptors (Lipinski definition) is 4. The second-order valence-corrected chi connectivity index (χ2v) is 4.86. The van der Waals surface area contributed by atoms with Crippen LogP contribution in [-0.2, 0) is 9.53 Å². The highest BCUT2D eigenvalue weighted by Crippen LogP contribution is 2.28. The van der Waals surface area contributed by atoms with Gasteiger partial charge in [0.05, 0.1) is 17.7 Å². The number of ether oxygens (including phenoxy) is 1. The van der Waals surface area contributed by atoms with Crippen LogP contribution in [0.25, 0.3) is 0 Å². The van der Waals surface area contributed by atoms with Crippen molar-refractivity contribution in [3.05, 3.63) is 35.4 Å². The summed E-state index contributed by atoms with van der Waals surface area (Å²) in [6, 6.07) is 5.75. The van der Waals surface area contributed by atoms with Crippen LogP contribution in [0.3, 0.4) is 0 Å². The van der Waals surface area contributed by atoms with Gasteiger partial charge in [0.15, 0.2) is 5.90 Å². The van der Waals surface area contributed by atoms with Gasteiger partial charge >= 0.3 is 0 Å². The quantitative estimate of drug-likeness (QED) is 0.770. The van der Waals surface area contributed by atoms with Crippen molar-refractivity contribution in [1.29, 1.82) is 0 Å². The van der Waals surface area contributed by atoms with Crippen molar-refractivity contribution in [1.82, 2.24) is 4.90 Å². The Morgan fingerprint density at radius 3 is 2.33 bits per heavy atom. The summed E-state index contributed by atoms with van der Waals surface area (Å²) in [5.41, 5.74) is 0.685. The van der Waals surface area contributed by atoms with Crippen molar-refractivity contribution in [2.24, 2.45) is 4.99 Å². The fourth-order valence-electron chi connectivity index (χ4n) is 2.64. The van der Waals surface area contributed by atoms with Crippen LogP contribution in [0.4, 0.5) is 0 Å². The maximum Gasteiger partial charge on any atom is 0.271 e. The third-order valence-electron chi connectivity index (χ3n) is 3.60. The van der Waals surface area contributed by atoms with E-state index >= 15 is 0 Å². The minimum absolute atomic E-state index is 0.342. The molecule has 0 N–H and O–H groups in total. The van der Waals surface area contributed by atoms with Crippen LogP contribution < -0.4 is 0 Å². The lowest BCUT2D eigenvalue weighted by atomic mass is 10.1. The Labute approximate surface area is 121 Å². The number of rotatable bonds is 2. The van der Waals surface area contributed by atoms with E-state index in [1.54, 1.807) is 24.3 Å².